The summed E-state index contributed by atoms with van der Waals surface area (Å²) >= 11 is 0. The molecule has 0 aliphatic rings. The van der Waals surface area contributed by atoms with Crippen LogP contribution in [0.3, 0.4) is 0 Å². The lowest BCUT2D eigenvalue weighted by Gasteiger charge is -2.00. The predicted octanol–water partition coefficient (Wildman–Crippen LogP) is 4.36. The van der Waals surface area contributed by atoms with Gasteiger partial charge in [0.25, 0.3) is 0 Å². The summed E-state index contributed by atoms with van der Waals surface area (Å²) in [4.78, 5) is 21.6. The highest BCUT2D eigenvalue weighted by Crippen LogP contribution is 2.09. The number of amides is 1. The Morgan fingerprint density at radius 2 is 1.15 bits per heavy atom. The van der Waals surface area contributed by atoms with E-state index in [1.807, 2.05) is 0 Å². The summed E-state index contributed by atoms with van der Waals surface area (Å²) in [5.74, 6) is -1.20. The van der Waals surface area contributed by atoms with Crippen molar-refractivity contribution in [1.82, 2.24) is 5.32 Å². The second-order valence-electron chi connectivity index (χ2n) is 6.57. The summed E-state index contributed by atoms with van der Waals surface area (Å²) in [6.07, 6.45) is 22.5. The molecule has 0 unspecified atom stereocenters. The van der Waals surface area contributed by atoms with Gasteiger partial charge in [-0.2, -0.15) is 0 Å². The fraction of sp³-hybridized carbons (Fsp3) is 0.714. The smallest absolute Gasteiger partial charge is 0.322 e. The highest BCUT2D eigenvalue weighted by atomic mass is 16.4. The van der Waals surface area contributed by atoms with E-state index in [-0.39, 0.29) is 12.5 Å². The standard InChI is InChI=1S/C21H37NO4/c23-18-16-14-12-10-8-6-4-2-1-3-5-7-9-11-13-15-17-20(24)22-19-21(25)26/h8-11,23H,1-7,12-19H2,(H,22,24)(H,25,26)/b10-8-,11-9-. The van der Waals surface area contributed by atoms with E-state index in [9.17, 15) is 9.59 Å². The topological polar surface area (TPSA) is 86.6 Å². The molecule has 0 spiro atoms. The van der Waals surface area contributed by atoms with Crippen LogP contribution in [-0.2, 0) is 9.59 Å². The molecule has 0 fully saturated rings. The minimum absolute atomic E-state index is 0.194. The normalized spacial score (nSPS) is 11.4. The molecule has 5 nitrogen and oxygen atoms in total. The fourth-order valence-corrected chi connectivity index (χ4v) is 2.54. The van der Waals surface area contributed by atoms with Crippen molar-refractivity contribution in [3.05, 3.63) is 24.3 Å². The monoisotopic (exact) mass is 367 g/mol. The van der Waals surface area contributed by atoms with Crippen LogP contribution in [0.2, 0.25) is 0 Å². The number of nitrogens with one attached hydrogen (secondary N) is 1. The van der Waals surface area contributed by atoms with Gasteiger partial charge >= 0.3 is 5.97 Å². The van der Waals surface area contributed by atoms with Gasteiger partial charge in [-0.15, -0.1) is 0 Å². The Kier molecular flexibility index (Phi) is 18.5. The number of carboxylic acids is 1. The molecule has 0 aromatic carbocycles. The maximum absolute atomic E-state index is 11.3. The molecule has 0 heterocycles. The molecule has 5 heteroatoms. The first-order chi connectivity index (χ1) is 12.7. The number of carboxylic acid groups (broad SMARTS) is 1. The van der Waals surface area contributed by atoms with E-state index in [0.29, 0.717) is 13.0 Å². The zero-order valence-corrected chi connectivity index (χ0v) is 16.1. The van der Waals surface area contributed by atoms with Crippen LogP contribution < -0.4 is 5.32 Å². The molecule has 0 saturated heterocycles. The third-order valence-corrected chi connectivity index (χ3v) is 4.07. The highest BCUT2D eigenvalue weighted by Gasteiger charge is 2.02. The van der Waals surface area contributed by atoms with E-state index in [1.165, 1.54) is 38.5 Å². The molecule has 0 aliphatic carbocycles. The van der Waals surface area contributed by atoms with Crippen molar-refractivity contribution in [2.24, 2.45) is 0 Å². The van der Waals surface area contributed by atoms with E-state index in [2.05, 4.69) is 29.6 Å². The number of aliphatic hydroxyl groups excluding tert-OH is 1. The van der Waals surface area contributed by atoms with Gasteiger partial charge in [0.05, 0.1) is 0 Å². The summed E-state index contributed by atoms with van der Waals surface area (Å²) in [6, 6.07) is 0. The van der Waals surface area contributed by atoms with Gasteiger partial charge in [-0.3, -0.25) is 9.59 Å². The van der Waals surface area contributed by atoms with Crippen LogP contribution in [0.15, 0.2) is 24.3 Å². The van der Waals surface area contributed by atoms with Gasteiger partial charge in [-0.25, -0.2) is 0 Å². The number of carbonyl (C=O) groups excluding carboxylic acids is 1. The molecule has 0 aromatic heterocycles. The SMILES string of the molecule is O=C(O)CNC(=O)CCC/C=C\CCCCCCC/C=C\CCCCO. The summed E-state index contributed by atoms with van der Waals surface area (Å²) in [6.45, 7) is 0.00433. The molecule has 0 atom stereocenters. The minimum Gasteiger partial charge on any atom is -0.480 e. The van der Waals surface area contributed by atoms with Crippen molar-refractivity contribution >= 4 is 11.9 Å². The van der Waals surface area contributed by atoms with Crippen LogP contribution in [0, 0.1) is 0 Å². The molecule has 26 heavy (non-hydrogen) atoms. The lowest BCUT2D eigenvalue weighted by molar-refractivity contribution is -0.137. The maximum Gasteiger partial charge on any atom is 0.322 e. The molecular formula is C21H37NO4. The number of aliphatic carboxylic acids is 1. The summed E-state index contributed by atoms with van der Waals surface area (Å²) in [5, 5.41) is 19.5. The molecule has 0 bridgehead atoms. The third kappa shape index (κ3) is 20.4. The second kappa shape index (κ2) is 19.7. The van der Waals surface area contributed by atoms with Crippen molar-refractivity contribution in [2.45, 2.75) is 83.5 Å². The van der Waals surface area contributed by atoms with Crippen LogP contribution in [0.4, 0.5) is 0 Å². The number of unbranched alkanes of at least 4 members (excludes halogenated alkanes) is 9. The number of allylic oxidation sites excluding steroid dienone is 4. The summed E-state index contributed by atoms with van der Waals surface area (Å²) < 4.78 is 0. The first-order valence-electron chi connectivity index (χ1n) is 10.1. The Balaban J connectivity index is 3.26. The molecule has 1 amide bonds. The molecule has 0 saturated carbocycles. The zero-order valence-electron chi connectivity index (χ0n) is 16.1. The Bertz CT molecular complexity index is 405. The molecule has 3 N–H and O–H groups in total. The van der Waals surface area contributed by atoms with Gasteiger partial charge in [0.1, 0.15) is 6.54 Å². The van der Waals surface area contributed by atoms with Gasteiger partial charge < -0.3 is 15.5 Å². The summed E-state index contributed by atoms with van der Waals surface area (Å²) in [5.41, 5.74) is 0. The van der Waals surface area contributed by atoms with E-state index < -0.39 is 5.97 Å². The lowest BCUT2D eigenvalue weighted by atomic mass is 10.1. The Labute approximate surface area is 158 Å². The van der Waals surface area contributed by atoms with Gasteiger partial charge in [0.15, 0.2) is 0 Å². The van der Waals surface area contributed by atoms with Gasteiger partial charge in [0, 0.05) is 13.0 Å². The lowest BCUT2D eigenvalue weighted by Crippen LogP contribution is -2.28. The average Bonchev–Trinajstić information content (AvgIpc) is 2.62. The van der Waals surface area contributed by atoms with Crippen LogP contribution in [-0.4, -0.2) is 35.2 Å². The number of carbonyl (C=O) groups is 2. The van der Waals surface area contributed by atoms with Crippen molar-refractivity contribution < 1.29 is 19.8 Å². The largest absolute Gasteiger partial charge is 0.480 e. The van der Waals surface area contributed by atoms with Crippen LogP contribution in [0.5, 0.6) is 0 Å². The minimum atomic E-state index is -1.01. The molecule has 0 rings (SSSR count). The third-order valence-electron chi connectivity index (χ3n) is 4.07. The summed E-state index contributed by atoms with van der Waals surface area (Å²) in [7, 11) is 0. The van der Waals surface area contributed by atoms with Gasteiger partial charge in [-0.05, 0) is 57.8 Å². The molecular weight excluding hydrogens is 330 g/mol. The van der Waals surface area contributed by atoms with Crippen molar-refractivity contribution in [2.75, 3.05) is 13.2 Å². The maximum atomic E-state index is 11.3. The Morgan fingerprint density at radius 3 is 1.65 bits per heavy atom. The van der Waals surface area contributed by atoms with Crippen LogP contribution in [0.1, 0.15) is 83.5 Å². The quantitative estimate of drug-likeness (QED) is 0.248. The first kappa shape index (κ1) is 24.4. The second-order valence-corrected chi connectivity index (χ2v) is 6.57. The molecule has 0 aliphatic heterocycles. The van der Waals surface area contributed by atoms with Crippen molar-refractivity contribution in [1.29, 1.82) is 0 Å². The van der Waals surface area contributed by atoms with Crippen molar-refractivity contribution in [3.63, 3.8) is 0 Å². The first-order valence-corrected chi connectivity index (χ1v) is 10.1. The predicted molar refractivity (Wildman–Crippen MR) is 106 cm³/mol. The Hall–Kier alpha value is -1.62. The van der Waals surface area contributed by atoms with Crippen molar-refractivity contribution in [3.8, 4) is 0 Å². The van der Waals surface area contributed by atoms with E-state index in [1.54, 1.807) is 0 Å². The number of hydrogen-bond donors (Lipinski definition) is 3. The number of aliphatic hydroxyl groups is 1. The molecule has 0 aromatic rings. The molecule has 150 valence electrons. The Morgan fingerprint density at radius 1 is 0.692 bits per heavy atom. The van der Waals surface area contributed by atoms with Gasteiger partial charge in [0.2, 0.25) is 5.91 Å². The highest BCUT2D eigenvalue weighted by molar-refractivity contribution is 5.80. The number of rotatable bonds is 18. The number of hydrogen-bond acceptors (Lipinski definition) is 3. The fourth-order valence-electron chi connectivity index (χ4n) is 2.54. The zero-order chi connectivity index (χ0) is 19.3. The average molecular weight is 368 g/mol. The van der Waals surface area contributed by atoms with E-state index in [0.717, 1.165) is 38.5 Å². The van der Waals surface area contributed by atoms with Crippen LogP contribution in [0.25, 0.3) is 0 Å². The molecule has 0 radical (unpaired) electrons. The van der Waals surface area contributed by atoms with E-state index >= 15 is 0 Å². The van der Waals surface area contributed by atoms with E-state index in [4.69, 9.17) is 10.2 Å². The van der Waals surface area contributed by atoms with Crippen LogP contribution >= 0.6 is 0 Å². The van der Waals surface area contributed by atoms with Gasteiger partial charge in [-0.1, -0.05) is 43.6 Å².